The van der Waals surface area contributed by atoms with Crippen molar-refractivity contribution in [1.29, 1.82) is 0 Å². The van der Waals surface area contributed by atoms with Crippen LogP contribution in [0.3, 0.4) is 0 Å². The van der Waals surface area contributed by atoms with Gasteiger partial charge >= 0.3 is 0 Å². The van der Waals surface area contributed by atoms with Gasteiger partial charge in [-0.25, -0.2) is 4.98 Å². The molecule has 3 rings (SSSR count). The van der Waals surface area contributed by atoms with Gasteiger partial charge in [-0.2, -0.15) is 0 Å². The number of piperazine rings is 1. The first-order valence-corrected chi connectivity index (χ1v) is 6.66. The minimum absolute atomic E-state index is 0.0509. The molecular formula is C13H18N4O2. The first-order valence-electron chi connectivity index (χ1n) is 6.66. The van der Waals surface area contributed by atoms with Crippen LogP contribution in [0.25, 0.3) is 0 Å². The number of carbonyl (C=O) groups excluding carboxylic acids is 1. The molecule has 0 spiro atoms. The van der Waals surface area contributed by atoms with Gasteiger partial charge in [0.15, 0.2) is 0 Å². The number of hydrogen-bond acceptors (Lipinski definition) is 5. The van der Waals surface area contributed by atoms with Gasteiger partial charge in [0, 0.05) is 32.7 Å². The highest BCUT2D eigenvalue weighted by Crippen LogP contribution is 2.18. The van der Waals surface area contributed by atoms with Crippen LogP contribution in [0.2, 0.25) is 0 Å². The topological polar surface area (TPSA) is 68.7 Å². The number of nitrogens with zero attached hydrogens (tertiary/aromatic N) is 3. The Hall–Kier alpha value is -1.82. The molecule has 2 saturated heterocycles. The van der Waals surface area contributed by atoms with Crippen molar-refractivity contribution < 1.29 is 9.90 Å². The summed E-state index contributed by atoms with van der Waals surface area (Å²) in [5.74, 6) is 1.23. The van der Waals surface area contributed by atoms with Crippen molar-refractivity contribution in [3.8, 4) is 5.75 Å². The lowest BCUT2D eigenvalue weighted by atomic mass is 10.2. The quantitative estimate of drug-likeness (QED) is 0.772. The zero-order chi connectivity index (χ0) is 13.2. The van der Waals surface area contributed by atoms with Gasteiger partial charge in [-0.3, -0.25) is 9.69 Å². The van der Waals surface area contributed by atoms with Crippen molar-refractivity contribution in [2.45, 2.75) is 12.5 Å². The molecule has 0 radical (unpaired) electrons. The Labute approximate surface area is 112 Å². The Morgan fingerprint density at radius 1 is 1.26 bits per heavy atom. The van der Waals surface area contributed by atoms with E-state index < -0.39 is 0 Å². The molecule has 1 amide bonds. The van der Waals surface area contributed by atoms with E-state index in [9.17, 15) is 9.90 Å². The maximum atomic E-state index is 11.7. The summed E-state index contributed by atoms with van der Waals surface area (Å²) >= 11 is 0. The van der Waals surface area contributed by atoms with E-state index in [-0.39, 0.29) is 17.7 Å². The number of rotatable bonds is 2. The van der Waals surface area contributed by atoms with E-state index in [1.165, 1.54) is 6.20 Å². The SMILES string of the molecule is O=C1NCCC1N1CCN(c2ccc(O)cn2)CC1. The normalized spacial score (nSPS) is 24.5. The van der Waals surface area contributed by atoms with E-state index in [4.69, 9.17) is 0 Å². The van der Waals surface area contributed by atoms with Crippen molar-refractivity contribution in [2.75, 3.05) is 37.6 Å². The van der Waals surface area contributed by atoms with Crippen LogP contribution >= 0.6 is 0 Å². The van der Waals surface area contributed by atoms with Crippen LogP contribution in [0.4, 0.5) is 5.82 Å². The van der Waals surface area contributed by atoms with Gasteiger partial charge in [-0.15, -0.1) is 0 Å². The maximum Gasteiger partial charge on any atom is 0.237 e. The molecule has 2 fully saturated rings. The first-order chi connectivity index (χ1) is 9.24. The summed E-state index contributed by atoms with van der Waals surface area (Å²) in [6, 6.07) is 3.53. The molecular weight excluding hydrogens is 244 g/mol. The molecule has 2 N–H and O–H groups in total. The summed E-state index contributed by atoms with van der Waals surface area (Å²) in [6.45, 7) is 4.27. The van der Waals surface area contributed by atoms with Gasteiger partial charge in [0.25, 0.3) is 0 Å². The van der Waals surface area contributed by atoms with Crippen LogP contribution in [0.5, 0.6) is 5.75 Å². The van der Waals surface area contributed by atoms with E-state index in [2.05, 4.69) is 20.1 Å². The Morgan fingerprint density at radius 3 is 2.63 bits per heavy atom. The predicted octanol–water partition coefficient (Wildman–Crippen LogP) is -0.202. The van der Waals surface area contributed by atoms with Crippen molar-refractivity contribution in [3.63, 3.8) is 0 Å². The Bertz CT molecular complexity index is 454. The number of amides is 1. The summed E-state index contributed by atoms with van der Waals surface area (Å²) in [6.07, 6.45) is 2.38. The lowest BCUT2D eigenvalue weighted by Crippen LogP contribution is -2.52. The molecule has 2 aliphatic heterocycles. The number of aromatic hydroxyl groups is 1. The third kappa shape index (κ3) is 2.49. The third-order valence-corrected chi connectivity index (χ3v) is 3.83. The van der Waals surface area contributed by atoms with Gasteiger partial charge in [0.1, 0.15) is 11.6 Å². The molecule has 0 aromatic carbocycles. The lowest BCUT2D eigenvalue weighted by Gasteiger charge is -2.37. The largest absolute Gasteiger partial charge is 0.506 e. The monoisotopic (exact) mass is 262 g/mol. The van der Waals surface area contributed by atoms with Crippen LogP contribution in [0, 0.1) is 0 Å². The number of hydrogen-bond donors (Lipinski definition) is 2. The van der Waals surface area contributed by atoms with Crippen molar-refractivity contribution in [3.05, 3.63) is 18.3 Å². The standard InChI is InChI=1S/C13H18N4O2/c18-10-1-2-12(15-9-10)17-7-5-16(6-8-17)11-3-4-14-13(11)19/h1-2,9,11,18H,3-8H2,(H,14,19). The van der Waals surface area contributed by atoms with Crippen LogP contribution < -0.4 is 10.2 Å². The van der Waals surface area contributed by atoms with Crippen LogP contribution in [0.1, 0.15) is 6.42 Å². The number of nitrogens with one attached hydrogen (secondary N) is 1. The number of carbonyl (C=O) groups is 1. The summed E-state index contributed by atoms with van der Waals surface area (Å²) in [4.78, 5) is 20.3. The van der Waals surface area contributed by atoms with Crippen LogP contribution in [-0.2, 0) is 4.79 Å². The van der Waals surface area contributed by atoms with Gasteiger partial charge in [0.05, 0.1) is 12.2 Å². The third-order valence-electron chi connectivity index (χ3n) is 3.83. The lowest BCUT2D eigenvalue weighted by molar-refractivity contribution is -0.123. The molecule has 1 unspecified atom stereocenters. The van der Waals surface area contributed by atoms with Crippen LogP contribution in [-0.4, -0.2) is 59.7 Å². The highest BCUT2D eigenvalue weighted by Gasteiger charge is 2.32. The molecule has 0 saturated carbocycles. The highest BCUT2D eigenvalue weighted by molar-refractivity contribution is 5.83. The molecule has 2 aliphatic rings. The fourth-order valence-corrected chi connectivity index (χ4v) is 2.76. The van der Waals surface area contributed by atoms with Crippen molar-refractivity contribution >= 4 is 11.7 Å². The first kappa shape index (κ1) is 12.2. The fourth-order valence-electron chi connectivity index (χ4n) is 2.76. The molecule has 6 nitrogen and oxygen atoms in total. The van der Waals surface area contributed by atoms with Gasteiger partial charge in [-0.05, 0) is 18.6 Å². The minimum Gasteiger partial charge on any atom is -0.506 e. The average Bonchev–Trinajstić information content (AvgIpc) is 2.86. The average molecular weight is 262 g/mol. The number of anilines is 1. The van der Waals surface area contributed by atoms with E-state index in [1.54, 1.807) is 6.07 Å². The Balaban J connectivity index is 1.60. The summed E-state index contributed by atoms with van der Waals surface area (Å²) in [5.41, 5.74) is 0. The molecule has 3 heterocycles. The summed E-state index contributed by atoms with van der Waals surface area (Å²) < 4.78 is 0. The van der Waals surface area contributed by atoms with Crippen LogP contribution in [0.15, 0.2) is 18.3 Å². The maximum absolute atomic E-state index is 11.7. The molecule has 0 aliphatic carbocycles. The van der Waals surface area contributed by atoms with Gasteiger partial charge < -0.3 is 15.3 Å². The molecule has 102 valence electrons. The molecule has 6 heteroatoms. The van der Waals surface area contributed by atoms with E-state index in [0.29, 0.717) is 0 Å². The van der Waals surface area contributed by atoms with Crippen molar-refractivity contribution in [1.82, 2.24) is 15.2 Å². The predicted molar refractivity (Wildman–Crippen MR) is 71.1 cm³/mol. The number of aromatic nitrogens is 1. The zero-order valence-corrected chi connectivity index (χ0v) is 10.7. The zero-order valence-electron chi connectivity index (χ0n) is 10.7. The van der Waals surface area contributed by atoms with E-state index >= 15 is 0 Å². The Kier molecular flexibility index (Phi) is 3.25. The number of pyridine rings is 1. The molecule has 1 atom stereocenters. The van der Waals surface area contributed by atoms with Crippen molar-refractivity contribution in [2.24, 2.45) is 0 Å². The Morgan fingerprint density at radius 2 is 2.05 bits per heavy atom. The second-order valence-corrected chi connectivity index (χ2v) is 4.99. The van der Waals surface area contributed by atoms with E-state index in [0.717, 1.165) is 45.0 Å². The molecule has 19 heavy (non-hydrogen) atoms. The van der Waals surface area contributed by atoms with Gasteiger partial charge in [-0.1, -0.05) is 0 Å². The summed E-state index contributed by atoms with van der Waals surface area (Å²) in [5, 5.41) is 12.1. The highest BCUT2D eigenvalue weighted by atomic mass is 16.3. The second kappa shape index (κ2) is 5.05. The second-order valence-electron chi connectivity index (χ2n) is 4.99. The molecule has 0 bridgehead atoms. The minimum atomic E-state index is 0.0509. The van der Waals surface area contributed by atoms with Gasteiger partial charge in [0.2, 0.25) is 5.91 Å². The fraction of sp³-hybridized carbons (Fsp3) is 0.538. The van der Waals surface area contributed by atoms with E-state index in [1.807, 2.05) is 6.07 Å². The smallest absolute Gasteiger partial charge is 0.237 e. The molecule has 1 aromatic rings. The summed E-state index contributed by atoms with van der Waals surface area (Å²) in [7, 11) is 0. The molecule has 1 aromatic heterocycles.